The molecule has 1 aliphatic heterocycles. The smallest absolute Gasteiger partial charge is 0.162 e. The summed E-state index contributed by atoms with van der Waals surface area (Å²) >= 11 is 6.51. The van der Waals surface area contributed by atoms with Gasteiger partial charge < -0.3 is 15.2 Å². The van der Waals surface area contributed by atoms with Crippen molar-refractivity contribution in [2.45, 2.75) is 37.8 Å². The van der Waals surface area contributed by atoms with Crippen LogP contribution in [0.1, 0.15) is 37.3 Å². The van der Waals surface area contributed by atoms with E-state index in [2.05, 4.69) is 18.0 Å². The minimum absolute atomic E-state index is 0.302. The summed E-state index contributed by atoms with van der Waals surface area (Å²) in [4.78, 5) is 2.33. The molecule has 2 atom stereocenters. The Balaban J connectivity index is 1.88. The topological polar surface area (TPSA) is 47.7 Å². The highest BCUT2D eigenvalue weighted by atomic mass is 35.5. The fraction of sp³-hybridized carbons (Fsp3) is 0.647. The molecule has 3 rings (SSSR count). The minimum atomic E-state index is 0.302. The van der Waals surface area contributed by atoms with Crippen LogP contribution < -0.4 is 15.2 Å². The van der Waals surface area contributed by atoms with Gasteiger partial charge in [0.05, 0.1) is 13.2 Å². The molecule has 0 aromatic heterocycles. The fourth-order valence-electron chi connectivity index (χ4n) is 3.37. The molecule has 4 nitrogen and oxygen atoms in total. The summed E-state index contributed by atoms with van der Waals surface area (Å²) in [7, 11) is 3.79. The third-order valence-corrected chi connectivity index (χ3v) is 5.28. The standard InChI is InChI=1S/C17H25ClN2O2/c1-20-10-11(9-19)6-15(20)13-7-17(22-12-4-3-5-12)16(21-2)8-14(13)18/h7-8,11-12,15H,3-6,9-10,19H2,1-2H3. The van der Waals surface area contributed by atoms with Crippen LogP contribution in [0, 0.1) is 5.92 Å². The van der Waals surface area contributed by atoms with Crippen LogP contribution in [0.4, 0.5) is 0 Å². The second kappa shape index (κ2) is 6.65. The van der Waals surface area contributed by atoms with Crippen LogP contribution in [0.15, 0.2) is 12.1 Å². The third-order valence-electron chi connectivity index (χ3n) is 4.96. The van der Waals surface area contributed by atoms with Gasteiger partial charge in [0.25, 0.3) is 0 Å². The fourth-order valence-corrected chi connectivity index (χ4v) is 3.65. The highest BCUT2D eigenvalue weighted by Gasteiger charge is 2.32. The molecule has 2 unspecified atom stereocenters. The van der Waals surface area contributed by atoms with Gasteiger partial charge in [-0.25, -0.2) is 0 Å². The van der Waals surface area contributed by atoms with Crippen molar-refractivity contribution in [2.75, 3.05) is 27.2 Å². The molecule has 0 spiro atoms. The van der Waals surface area contributed by atoms with Gasteiger partial charge >= 0.3 is 0 Å². The van der Waals surface area contributed by atoms with Gasteiger partial charge in [-0.15, -0.1) is 0 Å². The lowest BCUT2D eigenvalue weighted by molar-refractivity contribution is 0.116. The number of likely N-dealkylation sites (tertiary alicyclic amines) is 1. The Kier molecular flexibility index (Phi) is 4.81. The second-order valence-electron chi connectivity index (χ2n) is 6.49. The minimum Gasteiger partial charge on any atom is -0.493 e. The van der Waals surface area contributed by atoms with Crippen molar-refractivity contribution in [3.05, 3.63) is 22.7 Å². The Morgan fingerprint density at radius 2 is 2.09 bits per heavy atom. The zero-order valence-corrected chi connectivity index (χ0v) is 14.1. The first-order valence-electron chi connectivity index (χ1n) is 8.06. The number of methoxy groups -OCH3 is 1. The lowest BCUT2D eigenvalue weighted by Gasteiger charge is -2.28. The average Bonchev–Trinajstić information content (AvgIpc) is 2.84. The number of benzene rings is 1. The summed E-state index contributed by atoms with van der Waals surface area (Å²) < 4.78 is 11.5. The molecule has 1 heterocycles. The van der Waals surface area contributed by atoms with E-state index in [1.54, 1.807) is 7.11 Å². The summed E-state index contributed by atoms with van der Waals surface area (Å²) in [6.07, 6.45) is 4.86. The van der Waals surface area contributed by atoms with E-state index in [9.17, 15) is 0 Å². The van der Waals surface area contributed by atoms with E-state index in [0.29, 0.717) is 18.1 Å². The largest absolute Gasteiger partial charge is 0.493 e. The number of nitrogens with zero attached hydrogens (tertiary/aromatic N) is 1. The predicted molar refractivity (Wildman–Crippen MR) is 88.8 cm³/mol. The SMILES string of the molecule is COc1cc(Cl)c(C2CC(CN)CN2C)cc1OC1CCC1. The Hall–Kier alpha value is -0.970. The number of halogens is 1. The first-order valence-corrected chi connectivity index (χ1v) is 8.44. The number of hydrogen-bond donors (Lipinski definition) is 1. The highest BCUT2D eigenvalue weighted by molar-refractivity contribution is 6.31. The summed E-state index contributed by atoms with van der Waals surface area (Å²) in [5.74, 6) is 2.07. The van der Waals surface area contributed by atoms with Crippen molar-refractivity contribution in [3.63, 3.8) is 0 Å². The van der Waals surface area contributed by atoms with E-state index in [0.717, 1.165) is 54.4 Å². The van der Waals surface area contributed by atoms with Crippen LogP contribution in [0.2, 0.25) is 5.02 Å². The Morgan fingerprint density at radius 1 is 1.32 bits per heavy atom. The monoisotopic (exact) mass is 324 g/mol. The van der Waals surface area contributed by atoms with E-state index < -0.39 is 0 Å². The zero-order valence-electron chi connectivity index (χ0n) is 13.3. The Labute approximate surface area is 137 Å². The molecule has 2 fully saturated rings. The Morgan fingerprint density at radius 3 is 2.64 bits per heavy atom. The first-order chi connectivity index (χ1) is 10.6. The van der Waals surface area contributed by atoms with Crippen LogP contribution in [-0.2, 0) is 0 Å². The molecule has 1 saturated carbocycles. The normalized spacial score (nSPS) is 26.0. The van der Waals surface area contributed by atoms with E-state index in [1.165, 1.54) is 6.42 Å². The van der Waals surface area contributed by atoms with Crippen LogP contribution in [0.3, 0.4) is 0 Å². The van der Waals surface area contributed by atoms with Crippen LogP contribution in [-0.4, -0.2) is 38.3 Å². The van der Waals surface area contributed by atoms with Gasteiger partial charge in [-0.2, -0.15) is 0 Å². The Bertz CT molecular complexity index is 534. The van der Waals surface area contributed by atoms with Gasteiger partial charge in [-0.1, -0.05) is 11.6 Å². The number of ether oxygens (including phenoxy) is 2. The van der Waals surface area contributed by atoms with Crippen molar-refractivity contribution >= 4 is 11.6 Å². The second-order valence-corrected chi connectivity index (χ2v) is 6.90. The molecule has 0 bridgehead atoms. The number of rotatable bonds is 5. The molecule has 0 amide bonds. The lowest BCUT2D eigenvalue weighted by Crippen LogP contribution is -2.25. The van der Waals surface area contributed by atoms with Gasteiger partial charge in [-0.05, 0) is 56.8 Å². The molecule has 5 heteroatoms. The molecule has 0 radical (unpaired) electrons. The molecule has 2 aliphatic rings. The summed E-state index contributed by atoms with van der Waals surface area (Å²) in [6.45, 7) is 1.74. The first kappa shape index (κ1) is 15.9. The summed E-state index contributed by atoms with van der Waals surface area (Å²) in [5, 5.41) is 0.743. The maximum absolute atomic E-state index is 6.51. The van der Waals surface area contributed by atoms with Gasteiger partial charge in [0.1, 0.15) is 0 Å². The van der Waals surface area contributed by atoms with Crippen molar-refractivity contribution in [1.29, 1.82) is 0 Å². The number of nitrogens with two attached hydrogens (primary N) is 1. The molecule has 22 heavy (non-hydrogen) atoms. The van der Waals surface area contributed by atoms with Gasteiger partial charge in [0, 0.05) is 23.7 Å². The van der Waals surface area contributed by atoms with E-state index in [4.69, 9.17) is 26.8 Å². The highest BCUT2D eigenvalue weighted by Crippen LogP contribution is 2.43. The molecule has 1 aliphatic carbocycles. The zero-order chi connectivity index (χ0) is 15.7. The van der Waals surface area contributed by atoms with Crippen molar-refractivity contribution in [3.8, 4) is 11.5 Å². The van der Waals surface area contributed by atoms with Crippen LogP contribution >= 0.6 is 11.6 Å². The molecule has 1 saturated heterocycles. The van der Waals surface area contributed by atoms with Crippen LogP contribution in [0.5, 0.6) is 11.5 Å². The predicted octanol–water partition coefficient (Wildman–Crippen LogP) is 3.23. The third kappa shape index (κ3) is 3.05. The molecular formula is C17H25ClN2O2. The summed E-state index contributed by atoms with van der Waals surface area (Å²) in [5.41, 5.74) is 6.96. The van der Waals surface area contributed by atoms with E-state index >= 15 is 0 Å². The molecule has 2 N–H and O–H groups in total. The van der Waals surface area contributed by atoms with Gasteiger partial charge in [0.2, 0.25) is 0 Å². The average molecular weight is 325 g/mol. The summed E-state index contributed by atoms with van der Waals surface area (Å²) in [6, 6.07) is 4.25. The van der Waals surface area contributed by atoms with Gasteiger partial charge in [0.15, 0.2) is 11.5 Å². The molecule has 1 aromatic rings. The molecular weight excluding hydrogens is 300 g/mol. The molecule has 1 aromatic carbocycles. The van der Waals surface area contributed by atoms with Crippen LogP contribution in [0.25, 0.3) is 0 Å². The van der Waals surface area contributed by atoms with E-state index in [1.807, 2.05) is 6.07 Å². The quantitative estimate of drug-likeness (QED) is 0.903. The van der Waals surface area contributed by atoms with Gasteiger partial charge in [-0.3, -0.25) is 4.90 Å². The van der Waals surface area contributed by atoms with Crippen molar-refractivity contribution in [1.82, 2.24) is 4.90 Å². The maximum Gasteiger partial charge on any atom is 0.162 e. The lowest BCUT2D eigenvalue weighted by atomic mass is 9.96. The number of hydrogen-bond acceptors (Lipinski definition) is 4. The maximum atomic E-state index is 6.51. The van der Waals surface area contributed by atoms with Crippen molar-refractivity contribution in [2.24, 2.45) is 11.7 Å². The van der Waals surface area contributed by atoms with Crippen molar-refractivity contribution < 1.29 is 9.47 Å². The molecule has 122 valence electrons. The van der Waals surface area contributed by atoms with E-state index in [-0.39, 0.29) is 0 Å².